The average Bonchev–Trinajstić information content (AvgIpc) is 2.60. The van der Waals surface area contributed by atoms with Crippen LogP contribution < -0.4 is 10.6 Å². The van der Waals surface area contributed by atoms with Crippen molar-refractivity contribution in [3.8, 4) is 0 Å². The van der Waals surface area contributed by atoms with Gasteiger partial charge in [-0.2, -0.15) is 13.2 Å². The Kier molecular flexibility index (Phi) is 7.06. The van der Waals surface area contributed by atoms with Crippen LogP contribution in [0.5, 0.6) is 0 Å². The molecule has 0 fully saturated rings. The van der Waals surface area contributed by atoms with Crippen LogP contribution in [0.4, 0.5) is 18.9 Å². The summed E-state index contributed by atoms with van der Waals surface area (Å²) in [7, 11) is 0. The number of hydrogen-bond donors (Lipinski definition) is 2. The molecule has 2 rings (SSSR count). The normalized spacial score (nSPS) is 12.7. The van der Waals surface area contributed by atoms with Crippen LogP contribution in [-0.4, -0.2) is 12.5 Å². The van der Waals surface area contributed by atoms with Gasteiger partial charge in [-0.1, -0.05) is 55.3 Å². The van der Waals surface area contributed by atoms with Crippen molar-refractivity contribution in [1.29, 1.82) is 0 Å². The van der Waals surface area contributed by atoms with Crippen molar-refractivity contribution in [2.24, 2.45) is 0 Å². The molecule has 7 heteroatoms. The monoisotopic (exact) mass is 384 g/mol. The lowest BCUT2D eigenvalue weighted by Gasteiger charge is -2.20. The molecule has 0 aliphatic carbocycles. The first-order valence-electron chi connectivity index (χ1n) is 8.29. The molecule has 26 heavy (non-hydrogen) atoms. The van der Waals surface area contributed by atoms with Gasteiger partial charge in [-0.15, -0.1) is 0 Å². The topological polar surface area (TPSA) is 41.1 Å². The molecule has 0 bridgehead atoms. The summed E-state index contributed by atoms with van der Waals surface area (Å²) < 4.78 is 39.7. The fraction of sp³-hybridized carbons (Fsp3) is 0.316. The first-order chi connectivity index (χ1) is 12.3. The number of rotatable bonds is 7. The number of nitrogens with one attached hydrogen (secondary N) is 2. The molecule has 1 amide bonds. The van der Waals surface area contributed by atoms with Crippen LogP contribution in [0.3, 0.4) is 0 Å². The fourth-order valence-electron chi connectivity index (χ4n) is 2.50. The summed E-state index contributed by atoms with van der Waals surface area (Å²) in [6.45, 7) is 2.60. The lowest BCUT2D eigenvalue weighted by Crippen LogP contribution is -2.34. The van der Waals surface area contributed by atoms with E-state index >= 15 is 0 Å². The predicted molar refractivity (Wildman–Crippen MR) is 97.2 cm³/mol. The quantitative estimate of drug-likeness (QED) is 0.625. The highest BCUT2D eigenvalue weighted by atomic mass is 35.5. The standard InChI is InChI=1S/C19H20ClF3N2O/c1-2-3-11-24-17(13-7-5-4-6-8-13)18(26)25-16-10-9-14(20)12-15(16)19(21,22)23/h4-10,12,17,24H,2-3,11H2,1H3,(H,25,26)/t17-/m1/s1. The predicted octanol–water partition coefficient (Wildman–Crippen LogP) is 5.43. The summed E-state index contributed by atoms with van der Waals surface area (Å²) in [6.07, 6.45) is -2.83. The largest absolute Gasteiger partial charge is 0.418 e. The molecule has 0 radical (unpaired) electrons. The molecule has 2 N–H and O–H groups in total. The third kappa shape index (κ3) is 5.47. The van der Waals surface area contributed by atoms with E-state index in [-0.39, 0.29) is 10.7 Å². The molecule has 0 saturated carbocycles. The van der Waals surface area contributed by atoms with E-state index in [1.165, 1.54) is 6.07 Å². The molecule has 140 valence electrons. The van der Waals surface area contributed by atoms with Crippen LogP contribution >= 0.6 is 11.6 Å². The summed E-state index contributed by atoms with van der Waals surface area (Å²) in [6, 6.07) is 11.4. The van der Waals surface area contributed by atoms with Crippen molar-refractivity contribution in [1.82, 2.24) is 5.32 Å². The molecule has 0 unspecified atom stereocenters. The van der Waals surface area contributed by atoms with Gasteiger partial charge in [0.15, 0.2) is 0 Å². The van der Waals surface area contributed by atoms with Crippen LogP contribution in [0.25, 0.3) is 0 Å². The van der Waals surface area contributed by atoms with Gasteiger partial charge in [-0.25, -0.2) is 0 Å². The molecule has 0 aliphatic heterocycles. The number of unbranched alkanes of at least 4 members (excludes halogenated alkanes) is 1. The first kappa shape index (κ1) is 20.3. The number of hydrogen-bond acceptors (Lipinski definition) is 2. The highest BCUT2D eigenvalue weighted by Crippen LogP contribution is 2.36. The van der Waals surface area contributed by atoms with Crippen LogP contribution in [0, 0.1) is 0 Å². The highest BCUT2D eigenvalue weighted by Gasteiger charge is 2.34. The van der Waals surface area contributed by atoms with Gasteiger partial charge in [0.1, 0.15) is 6.04 Å². The molecule has 1 atom stereocenters. The summed E-state index contributed by atoms with van der Waals surface area (Å²) in [4.78, 5) is 12.7. The van der Waals surface area contributed by atoms with Gasteiger partial charge >= 0.3 is 6.18 Å². The Bertz CT molecular complexity index is 735. The van der Waals surface area contributed by atoms with E-state index in [0.29, 0.717) is 12.1 Å². The molecular weight excluding hydrogens is 365 g/mol. The molecule has 2 aromatic rings. The molecule has 0 spiro atoms. The zero-order chi connectivity index (χ0) is 19.2. The van der Waals surface area contributed by atoms with E-state index in [1.54, 1.807) is 24.3 Å². The van der Waals surface area contributed by atoms with Crippen LogP contribution in [0.1, 0.15) is 36.9 Å². The van der Waals surface area contributed by atoms with Gasteiger partial charge in [0.25, 0.3) is 0 Å². The zero-order valence-electron chi connectivity index (χ0n) is 14.2. The van der Waals surface area contributed by atoms with Crippen molar-refractivity contribution < 1.29 is 18.0 Å². The Morgan fingerprint density at radius 2 is 1.85 bits per heavy atom. The van der Waals surface area contributed by atoms with Crippen LogP contribution in [0.15, 0.2) is 48.5 Å². The second-order valence-electron chi connectivity index (χ2n) is 5.83. The maximum atomic E-state index is 13.2. The van der Waals surface area contributed by atoms with Crippen LogP contribution in [0.2, 0.25) is 5.02 Å². The Morgan fingerprint density at radius 1 is 1.15 bits per heavy atom. The first-order valence-corrected chi connectivity index (χ1v) is 8.66. The number of carbonyl (C=O) groups is 1. The second-order valence-corrected chi connectivity index (χ2v) is 6.26. The number of alkyl halides is 3. The number of anilines is 1. The molecular formula is C19H20ClF3N2O. The summed E-state index contributed by atoms with van der Waals surface area (Å²) >= 11 is 5.68. The van der Waals surface area contributed by atoms with Gasteiger partial charge in [0.2, 0.25) is 5.91 Å². The second kappa shape index (κ2) is 9.05. The molecule has 0 saturated heterocycles. The smallest absolute Gasteiger partial charge is 0.324 e. The number of amides is 1. The van der Waals surface area contributed by atoms with E-state index in [9.17, 15) is 18.0 Å². The maximum Gasteiger partial charge on any atom is 0.418 e. The minimum absolute atomic E-state index is 0.0454. The van der Waals surface area contributed by atoms with Gasteiger partial charge in [0.05, 0.1) is 11.3 Å². The van der Waals surface area contributed by atoms with E-state index in [0.717, 1.165) is 25.0 Å². The van der Waals surface area contributed by atoms with Gasteiger partial charge in [-0.3, -0.25) is 4.79 Å². The Balaban J connectivity index is 2.27. The molecule has 0 heterocycles. The summed E-state index contributed by atoms with van der Waals surface area (Å²) in [5, 5.41) is 5.45. The van der Waals surface area contributed by atoms with Crippen molar-refractivity contribution in [3.63, 3.8) is 0 Å². The van der Waals surface area contributed by atoms with Crippen molar-refractivity contribution in [2.75, 3.05) is 11.9 Å². The van der Waals surface area contributed by atoms with E-state index in [2.05, 4.69) is 10.6 Å². The Labute approximate surface area is 155 Å². The lowest BCUT2D eigenvalue weighted by atomic mass is 10.1. The molecule has 0 aliphatic rings. The number of halogens is 4. The maximum absolute atomic E-state index is 13.2. The third-order valence-corrected chi connectivity index (χ3v) is 4.05. The average molecular weight is 385 g/mol. The Morgan fingerprint density at radius 3 is 2.46 bits per heavy atom. The number of benzene rings is 2. The SMILES string of the molecule is CCCCN[C@@H](C(=O)Nc1ccc(Cl)cc1C(F)(F)F)c1ccccc1. The third-order valence-electron chi connectivity index (χ3n) is 3.82. The minimum atomic E-state index is -4.62. The summed E-state index contributed by atoms with van der Waals surface area (Å²) in [5.41, 5.74) is -0.604. The van der Waals surface area contributed by atoms with E-state index < -0.39 is 23.7 Å². The van der Waals surface area contributed by atoms with Gasteiger partial charge in [-0.05, 0) is 36.7 Å². The fourth-order valence-corrected chi connectivity index (χ4v) is 2.67. The minimum Gasteiger partial charge on any atom is -0.324 e. The van der Waals surface area contributed by atoms with Gasteiger partial charge in [0, 0.05) is 5.02 Å². The highest BCUT2D eigenvalue weighted by molar-refractivity contribution is 6.30. The molecule has 0 aromatic heterocycles. The zero-order valence-corrected chi connectivity index (χ0v) is 15.0. The lowest BCUT2D eigenvalue weighted by molar-refractivity contribution is -0.137. The molecule has 2 aromatic carbocycles. The molecule has 3 nitrogen and oxygen atoms in total. The van der Waals surface area contributed by atoms with E-state index in [4.69, 9.17) is 11.6 Å². The van der Waals surface area contributed by atoms with Crippen molar-refractivity contribution in [3.05, 3.63) is 64.7 Å². The summed E-state index contributed by atoms with van der Waals surface area (Å²) in [5.74, 6) is -0.555. The van der Waals surface area contributed by atoms with Crippen molar-refractivity contribution in [2.45, 2.75) is 32.0 Å². The van der Waals surface area contributed by atoms with E-state index in [1.807, 2.05) is 13.0 Å². The number of carbonyl (C=O) groups excluding carboxylic acids is 1. The van der Waals surface area contributed by atoms with Crippen LogP contribution in [-0.2, 0) is 11.0 Å². The Hall–Kier alpha value is -2.05. The van der Waals surface area contributed by atoms with Gasteiger partial charge < -0.3 is 10.6 Å². The van der Waals surface area contributed by atoms with Crippen molar-refractivity contribution >= 4 is 23.2 Å².